The minimum atomic E-state index is 0.529. The Kier molecular flexibility index (Phi) is 3.89. The molecule has 0 aliphatic heterocycles. The van der Waals surface area contributed by atoms with E-state index in [1.165, 1.54) is 0 Å². The fourth-order valence-electron chi connectivity index (χ4n) is 1.39. The van der Waals surface area contributed by atoms with Crippen molar-refractivity contribution in [3.63, 3.8) is 0 Å². The summed E-state index contributed by atoms with van der Waals surface area (Å²) in [7, 11) is 1.89. The molecule has 1 rings (SSSR count). The topological polar surface area (TPSA) is 42.7 Å². The van der Waals surface area contributed by atoms with E-state index in [0.717, 1.165) is 25.1 Å². The third kappa shape index (κ3) is 3.14. The highest BCUT2D eigenvalue weighted by atomic mass is 15.4. The van der Waals surface area contributed by atoms with Gasteiger partial charge in [-0.15, -0.1) is 5.10 Å². The molecule has 1 aromatic heterocycles. The molecule has 1 N–H and O–H groups in total. The van der Waals surface area contributed by atoms with Gasteiger partial charge >= 0.3 is 0 Å². The first kappa shape index (κ1) is 10.2. The summed E-state index contributed by atoms with van der Waals surface area (Å²) in [6.07, 6.45) is 4.07. The number of aryl methyl sites for hydroxylation is 1. The Morgan fingerprint density at radius 2 is 2.31 bits per heavy atom. The van der Waals surface area contributed by atoms with Gasteiger partial charge in [-0.25, -0.2) is 0 Å². The lowest BCUT2D eigenvalue weighted by atomic mass is 10.1. The molecule has 74 valence electrons. The Hall–Kier alpha value is -0.900. The van der Waals surface area contributed by atoms with Crippen LogP contribution in [0.15, 0.2) is 6.20 Å². The van der Waals surface area contributed by atoms with Gasteiger partial charge in [-0.2, -0.15) is 0 Å². The molecule has 0 fully saturated rings. The maximum atomic E-state index is 4.06. The molecule has 0 saturated heterocycles. The van der Waals surface area contributed by atoms with Crippen molar-refractivity contribution in [1.82, 2.24) is 20.3 Å². The minimum Gasteiger partial charge on any atom is -0.314 e. The molecule has 0 aliphatic rings. The molecule has 0 aliphatic carbocycles. The van der Waals surface area contributed by atoms with Crippen LogP contribution in [-0.4, -0.2) is 27.6 Å². The number of likely N-dealkylation sites (N-methyl/N-ethyl adjacent to an activating group) is 1. The van der Waals surface area contributed by atoms with Crippen LogP contribution in [0.25, 0.3) is 0 Å². The molecule has 13 heavy (non-hydrogen) atoms. The molecular weight excluding hydrogens is 164 g/mol. The predicted molar refractivity (Wildman–Crippen MR) is 52.5 cm³/mol. The largest absolute Gasteiger partial charge is 0.314 e. The molecule has 4 heteroatoms. The van der Waals surface area contributed by atoms with E-state index in [2.05, 4.69) is 29.5 Å². The SMILES string of the molecule is CCNC(CC)Cc1cn(C)nn1. The van der Waals surface area contributed by atoms with E-state index in [1.807, 2.05) is 13.2 Å². The fraction of sp³-hybridized carbons (Fsp3) is 0.778. The zero-order valence-electron chi connectivity index (χ0n) is 8.62. The van der Waals surface area contributed by atoms with Gasteiger partial charge in [0.1, 0.15) is 0 Å². The number of aromatic nitrogens is 3. The van der Waals surface area contributed by atoms with Crippen molar-refractivity contribution < 1.29 is 0 Å². The van der Waals surface area contributed by atoms with Crippen molar-refractivity contribution in [2.45, 2.75) is 32.7 Å². The molecular formula is C9H18N4. The lowest BCUT2D eigenvalue weighted by Gasteiger charge is -2.13. The van der Waals surface area contributed by atoms with Crippen molar-refractivity contribution in [2.75, 3.05) is 6.54 Å². The van der Waals surface area contributed by atoms with Crippen LogP contribution in [0.3, 0.4) is 0 Å². The first-order valence-electron chi connectivity index (χ1n) is 4.84. The minimum absolute atomic E-state index is 0.529. The predicted octanol–water partition coefficient (Wildman–Crippen LogP) is 0.746. The quantitative estimate of drug-likeness (QED) is 0.730. The van der Waals surface area contributed by atoms with E-state index in [0.29, 0.717) is 6.04 Å². The third-order valence-corrected chi connectivity index (χ3v) is 2.09. The highest BCUT2D eigenvalue weighted by Gasteiger charge is 2.07. The van der Waals surface area contributed by atoms with Crippen LogP contribution < -0.4 is 5.32 Å². The molecule has 4 nitrogen and oxygen atoms in total. The van der Waals surface area contributed by atoms with Gasteiger partial charge in [-0.3, -0.25) is 4.68 Å². The van der Waals surface area contributed by atoms with Gasteiger partial charge < -0.3 is 5.32 Å². The van der Waals surface area contributed by atoms with E-state index in [1.54, 1.807) is 4.68 Å². The van der Waals surface area contributed by atoms with E-state index in [4.69, 9.17) is 0 Å². The molecule has 0 saturated carbocycles. The molecule has 0 spiro atoms. The summed E-state index contributed by atoms with van der Waals surface area (Å²) in [5, 5.41) is 11.4. The summed E-state index contributed by atoms with van der Waals surface area (Å²) in [5.74, 6) is 0. The van der Waals surface area contributed by atoms with Gasteiger partial charge in [-0.1, -0.05) is 19.1 Å². The van der Waals surface area contributed by atoms with Crippen LogP contribution in [0, 0.1) is 0 Å². The first-order chi connectivity index (χ1) is 6.26. The van der Waals surface area contributed by atoms with Gasteiger partial charge in [0.25, 0.3) is 0 Å². The second kappa shape index (κ2) is 4.97. The van der Waals surface area contributed by atoms with Crippen LogP contribution in [0.4, 0.5) is 0 Å². The lowest BCUT2D eigenvalue weighted by molar-refractivity contribution is 0.505. The van der Waals surface area contributed by atoms with Crippen molar-refractivity contribution in [3.8, 4) is 0 Å². The monoisotopic (exact) mass is 182 g/mol. The number of hydrogen-bond donors (Lipinski definition) is 1. The van der Waals surface area contributed by atoms with Crippen LogP contribution >= 0.6 is 0 Å². The highest BCUT2D eigenvalue weighted by Crippen LogP contribution is 2.01. The van der Waals surface area contributed by atoms with Crippen LogP contribution in [-0.2, 0) is 13.5 Å². The Balaban J connectivity index is 2.46. The highest BCUT2D eigenvalue weighted by molar-refractivity contribution is 4.95. The number of nitrogens with one attached hydrogen (secondary N) is 1. The second-order valence-corrected chi connectivity index (χ2v) is 3.25. The van der Waals surface area contributed by atoms with Crippen LogP contribution in [0.2, 0.25) is 0 Å². The smallest absolute Gasteiger partial charge is 0.0842 e. The maximum Gasteiger partial charge on any atom is 0.0842 e. The Morgan fingerprint density at radius 3 is 2.77 bits per heavy atom. The normalized spacial score (nSPS) is 13.2. The Labute approximate surface area is 79.3 Å². The van der Waals surface area contributed by atoms with E-state index in [-0.39, 0.29) is 0 Å². The molecule has 0 aromatic carbocycles. The zero-order chi connectivity index (χ0) is 9.68. The summed E-state index contributed by atoms with van der Waals surface area (Å²) in [5.41, 5.74) is 1.07. The number of rotatable bonds is 5. The average molecular weight is 182 g/mol. The maximum absolute atomic E-state index is 4.06. The fourth-order valence-corrected chi connectivity index (χ4v) is 1.39. The molecule has 0 bridgehead atoms. The van der Waals surface area contributed by atoms with E-state index >= 15 is 0 Å². The standard InChI is InChI=1S/C9H18N4/c1-4-8(10-5-2)6-9-7-13(3)12-11-9/h7-8,10H,4-6H2,1-3H3. The van der Waals surface area contributed by atoms with Crippen LogP contribution in [0.1, 0.15) is 26.0 Å². The summed E-state index contributed by atoms with van der Waals surface area (Å²) >= 11 is 0. The van der Waals surface area contributed by atoms with Gasteiger partial charge in [0.15, 0.2) is 0 Å². The van der Waals surface area contributed by atoms with Crippen molar-refractivity contribution in [1.29, 1.82) is 0 Å². The molecule has 1 unspecified atom stereocenters. The molecule has 1 atom stereocenters. The zero-order valence-corrected chi connectivity index (χ0v) is 8.62. The van der Waals surface area contributed by atoms with Crippen molar-refractivity contribution in [2.24, 2.45) is 7.05 Å². The first-order valence-corrected chi connectivity index (χ1v) is 4.84. The summed E-state index contributed by atoms with van der Waals surface area (Å²) < 4.78 is 1.74. The summed E-state index contributed by atoms with van der Waals surface area (Å²) in [4.78, 5) is 0. The molecule has 0 radical (unpaired) electrons. The van der Waals surface area contributed by atoms with Gasteiger partial charge in [-0.05, 0) is 13.0 Å². The lowest BCUT2D eigenvalue weighted by Crippen LogP contribution is -2.30. The number of nitrogens with zero attached hydrogens (tertiary/aromatic N) is 3. The Bertz CT molecular complexity index is 244. The van der Waals surface area contributed by atoms with E-state index < -0.39 is 0 Å². The molecule has 0 amide bonds. The van der Waals surface area contributed by atoms with Crippen molar-refractivity contribution in [3.05, 3.63) is 11.9 Å². The van der Waals surface area contributed by atoms with E-state index in [9.17, 15) is 0 Å². The molecule has 1 heterocycles. The summed E-state index contributed by atoms with van der Waals surface area (Å²) in [6, 6.07) is 0.529. The second-order valence-electron chi connectivity index (χ2n) is 3.25. The van der Waals surface area contributed by atoms with Crippen molar-refractivity contribution >= 4 is 0 Å². The average Bonchev–Trinajstić information content (AvgIpc) is 2.50. The third-order valence-electron chi connectivity index (χ3n) is 2.09. The van der Waals surface area contributed by atoms with Crippen LogP contribution in [0.5, 0.6) is 0 Å². The van der Waals surface area contributed by atoms with Gasteiger partial charge in [0.05, 0.1) is 5.69 Å². The van der Waals surface area contributed by atoms with Gasteiger partial charge in [0.2, 0.25) is 0 Å². The summed E-state index contributed by atoms with van der Waals surface area (Å²) in [6.45, 7) is 5.32. The number of hydrogen-bond acceptors (Lipinski definition) is 3. The van der Waals surface area contributed by atoms with Gasteiger partial charge in [0, 0.05) is 25.7 Å². The molecule has 1 aromatic rings. The Morgan fingerprint density at radius 1 is 1.54 bits per heavy atom.